The zero-order valence-electron chi connectivity index (χ0n) is 10.8. The Morgan fingerprint density at radius 3 is 2.85 bits per heavy atom. The highest BCUT2D eigenvalue weighted by molar-refractivity contribution is 9.10. The average molecular weight is 368 g/mol. The summed E-state index contributed by atoms with van der Waals surface area (Å²) in [7, 11) is 0. The third-order valence-corrected chi connectivity index (χ3v) is 5.72. The van der Waals surface area contributed by atoms with Gasteiger partial charge in [-0.3, -0.25) is 9.98 Å². The third kappa shape index (κ3) is 3.62. The Labute approximate surface area is 135 Å². The van der Waals surface area contributed by atoms with Gasteiger partial charge in [0.15, 0.2) is 5.17 Å². The molecule has 1 N–H and O–H groups in total. The van der Waals surface area contributed by atoms with Crippen LogP contribution in [0.2, 0.25) is 0 Å². The van der Waals surface area contributed by atoms with Crippen LogP contribution in [0.4, 0.5) is 0 Å². The van der Waals surface area contributed by atoms with E-state index in [1.165, 1.54) is 10.4 Å². The maximum atomic E-state index is 4.50. The van der Waals surface area contributed by atoms with E-state index in [0.717, 1.165) is 28.4 Å². The van der Waals surface area contributed by atoms with E-state index in [0.29, 0.717) is 0 Å². The zero-order chi connectivity index (χ0) is 13.8. The number of halogens is 1. The number of pyridine rings is 1. The second-order valence-electron chi connectivity index (χ2n) is 4.46. The number of amidine groups is 1. The first kappa shape index (κ1) is 14.1. The molecule has 20 heavy (non-hydrogen) atoms. The molecule has 0 spiro atoms. The fraction of sp³-hybridized carbons (Fsp3) is 0.286. The Morgan fingerprint density at radius 2 is 2.20 bits per heavy atom. The van der Waals surface area contributed by atoms with Crippen LogP contribution in [0.5, 0.6) is 0 Å². The quantitative estimate of drug-likeness (QED) is 0.890. The molecule has 3 rings (SSSR count). The minimum Gasteiger partial charge on any atom is -0.357 e. The number of nitrogens with one attached hydrogen (secondary N) is 1. The van der Waals surface area contributed by atoms with Crippen LogP contribution in [-0.2, 0) is 6.42 Å². The molecule has 0 bridgehead atoms. The van der Waals surface area contributed by atoms with E-state index >= 15 is 0 Å². The van der Waals surface area contributed by atoms with Crippen LogP contribution in [0, 0.1) is 0 Å². The minimum atomic E-state index is 0.262. The molecule has 1 atom stereocenters. The van der Waals surface area contributed by atoms with Crippen LogP contribution in [-0.4, -0.2) is 22.4 Å². The topological polar surface area (TPSA) is 37.3 Å². The molecule has 6 heteroatoms. The first-order valence-electron chi connectivity index (χ1n) is 6.38. The molecule has 3 nitrogen and oxygen atoms in total. The lowest BCUT2D eigenvalue weighted by Crippen LogP contribution is -2.26. The number of aliphatic imine (C=N–C) groups is 1. The van der Waals surface area contributed by atoms with Crippen molar-refractivity contribution in [3.05, 3.63) is 50.9 Å². The summed E-state index contributed by atoms with van der Waals surface area (Å²) in [6.45, 7) is 0.920. The van der Waals surface area contributed by atoms with Crippen molar-refractivity contribution >= 4 is 44.2 Å². The summed E-state index contributed by atoms with van der Waals surface area (Å²) in [6, 6.07) is 6.59. The Morgan fingerprint density at radius 1 is 1.35 bits per heavy atom. The fourth-order valence-electron chi connectivity index (χ4n) is 2.06. The van der Waals surface area contributed by atoms with Crippen LogP contribution in [0.3, 0.4) is 0 Å². The number of thioether (sulfide) groups is 1. The van der Waals surface area contributed by atoms with Gasteiger partial charge < -0.3 is 5.32 Å². The van der Waals surface area contributed by atoms with Gasteiger partial charge in [0.05, 0.1) is 12.6 Å². The van der Waals surface area contributed by atoms with Gasteiger partial charge >= 0.3 is 0 Å². The van der Waals surface area contributed by atoms with Crippen molar-refractivity contribution in [1.82, 2.24) is 10.3 Å². The van der Waals surface area contributed by atoms with Crippen molar-refractivity contribution in [2.24, 2.45) is 4.99 Å². The fourth-order valence-corrected chi connectivity index (χ4v) is 4.34. The maximum absolute atomic E-state index is 4.50. The van der Waals surface area contributed by atoms with Gasteiger partial charge in [0, 0.05) is 32.9 Å². The Hall–Kier alpha value is -0.850. The van der Waals surface area contributed by atoms with E-state index in [1.807, 2.05) is 12.4 Å². The molecule has 1 aliphatic heterocycles. The molecule has 0 saturated carbocycles. The number of nitrogens with zero attached hydrogens (tertiary/aromatic N) is 2. The van der Waals surface area contributed by atoms with E-state index in [-0.39, 0.29) is 6.04 Å². The third-order valence-electron chi connectivity index (χ3n) is 3.00. The van der Waals surface area contributed by atoms with Gasteiger partial charge in [0.2, 0.25) is 0 Å². The van der Waals surface area contributed by atoms with Gasteiger partial charge in [-0.15, -0.1) is 11.3 Å². The molecule has 0 saturated heterocycles. The Balaban J connectivity index is 1.79. The summed E-state index contributed by atoms with van der Waals surface area (Å²) in [5, 5.41) is 6.76. The van der Waals surface area contributed by atoms with Crippen molar-refractivity contribution in [2.75, 3.05) is 12.3 Å². The molecular weight excluding hydrogens is 354 g/mol. The molecule has 2 aromatic heterocycles. The molecule has 0 aliphatic carbocycles. The smallest absolute Gasteiger partial charge is 0.157 e. The number of aromatic nitrogens is 1. The van der Waals surface area contributed by atoms with Gasteiger partial charge in [0.25, 0.3) is 0 Å². The SMILES string of the molecule is Brc1csc(C(Cc2ccncc2)NC2=NCCS2)c1. The van der Waals surface area contributed by atoms with Gasteiger partial charge in [-0.1, -0.05) is 11.8 Å². The summed E-state index contributed by atoms with van der Waals surface area (Å²) in [5.41, 5.74) is 1.28. The van der Waals surface area contributed by atoms with Crippen molar-refractivity contribution in [3.63, 3.8) is 0 Å². The number of hydrogen-bond acceptors (Lipinski definition) is 5. The average Bonchev–Trinajstić information content (AvgIpc) is 3.11. The lowest BCUT2D eigenvalue weighted by molar-refractivity contribution is 0.659. The van der Waals surface area contributed by atoms with Crippen LogP contribution in [0.25, 0.3) is 0 Å². The highest BCUT2D eigenvalue weighted by Gasteiger charge is 2.18. The van der Waals surface area contributed by atoms with E-state index in [2.05, 4.69) is 54.8 Å². The van der Waals surface area contributed by atoms with E-state index in [1.54, 1.807) is 23.1 Å². The molecule has 0 fully saturated rings. The summed E-state index contributed by atoms with van der Waals surface area (Å²) >= 11 is 7.11. The number of hydrogen-bond donors (Lipinski definition) is 1. The lowest BCUT2D eigenvalue weighted by Gasteiger charge is -2.18. The van der Waals surface area contributed by atoms with Crippen molar-refractivity contribution in [2.45, 2.75) is 12.5 Å². The lowest BCUT2D eigenvalue weighted by atomic mass is 10.1. The van der Waals surface area contributed by atoms with E-state index < -0.39 is 0 Å². The van der Waals surface area contributed by atoms with Crippen LogP contribution in [0.1, 0.15) is 16.5 Å². The van der Waals surface area contributed by atoms with Crippen molar-refractivity contribution in [3.8, 4) is 0 Å². The first-order chi connectivity index (χ1) is 9.81. The van der Waals surface area contributed by atoms with Crippen molar-refractivity contribution in [1.29, 1.82) is 0 Å². The molecule has 3 heterocycles. The van der Waals surface area contributed by atoms with Crippen LogP contribution in [0.15, 0.2) is 45.4 Å². The summed E-state index contributed by atoms with van der Waals surface area (Å²) in [5.74, 6) is 1.08. The normalized spacial score (nSPS) is 15.9. The predicted octanol–water partition coefficient (Wildman–Crippen LogP) is 3.88. The summed E-state index contributed by atoms with van der Waals surface area (Å²) in [4.78, 5) is 9.90. The molecule has 1 unspecified atom stereocenters. The number of thiophene rings is 1. The molecule has 0 radical (unpaired) electrons. The Kier molecular flexibility index (Phi) is 4.75. The van der Waals surface area contributed by atoms with Crippen LogP contribution >= 0.6 is 39.0 Å². The van der Waals surface area contributed by atoms with E-state index in [4.69, 9.17) is 0 Å². The van der Waals surface area contributed by atoms with Gasteiger partial charge in [-0.2, -0.15) is 0 Å². The first-order valence-corrected chi connectivity index (χ1v) is 9.04. The monoisotopic (exact) mass is 367 g/mol. The largest absolute Gasteiger partial charge is 0.357 e. The standard InChI is InChI=1S/C14H14BrN3S2/c15-11-8-13(20-9-11)12(18-14-17-5-6-19-14)7-10-1-3-16-4-2-10/h1-4,8-9,12H,5-7H2,(H,17,18). The molecule has 2 aromatic rings. The van der Waals surface area contributed by atoms with Crippen LogP contribution < -0.4 is 5.32 Å². The molecule has 0 amide bonds. The zero-order valence-corrected chi connectivity index (χ0v) is 14.0. The predicted molar refractivity (Wildman–Crippen MR) is 90.6 cm³/mol. The summed E-state index contributed by atoms with van der Waals surface area (Å²) < 4.78 is 1.14. The summed E-state index contributed by atoms with van der Waals surface area (Å²) in [6.07, 6.45) is 4.63. The second kappa shape index (κ2) is 6.74. The minimum absolute atomic E-state index is 0.262. The Bertz CT molecular complexity index is 597. The molecule has 0 aromatic carbocycles. The maximum Gasteiger partial charge on any atom is 0.157 e. The molecule has 1 aliphatic rings. The molecular formula is C14H14BrN3S2. The van der Waals surface area contributed by atoms with Gasteiger partial charge in [-0.25, -0.2) is 0 Å². The number of rotatable bonds is 4. The van der Waals surface area contributed by atoms with Gasteiger partial charge in [0.1, 0.15) is 0 Å². The van der Waals surface area contributed by atoms with Crippen molar-refractivity contribution < 1.29 is 0 Å². The highest BCUT2D eigenvalue weighted by atomic mass is 79.9. The van der Waals surface area contributed by atoms with E-state index in [9.17, 15) is 0 Å². The highest BCUT2D eigenvalue weighted by Crippen LogP contribution is 2.29. The van der Waals surface area contributed by atoms with Gasteiger partial charge in [-0.05, 0) is 46.1 Å². The second-order valence-corrected chi connectivity index (χ2v) is 7.40. The molecule has 104 valence electrons.